The molecule has 2 N–H and O–H groups in total. The van der Waals surface area contributed by atoms with Gasteiger partial charge in [-0.25, -0.2) is 8.42 Å². The highest BCUT2D eigenvalue weighted by atomic mass is 32.2. The molecule has 0 amide bonds. The van der Waals surface area contributed by atoms with Gasteiger partial charge in [-0.15, -0.1) is 0 Å². The molecule has 0 unspecified atom stereocenters. The third kappa shape index (κ3) is 1.69. The Morgan fingerprint density at radius 3 is 2.41 bits per heavy atom. The number of rotatable bonds is 3. The molecule has 1 saturated carbocycles. The molecule has 1 aromatic rings. The third-order valence-corrected chi connectivity index (χ3v) is 5.68. The average Bonchev–Trinajstić information content (AvgIpc) is 2.95. The first-order chi connectivity index (χ1) is 8.04. The van der Waals surface area contributed by atoms with Crippen LogP contribution < -0.4 is 5.73 Å². The van der Waals surface area contributed by atoms with Gasteiger partial charge in [0.2, 0.25) is 0 Å². The van der Waals surface area contributed by atoms with Gasteiger partial charge in [0.25, 0.3) is 0 Å². The molecule has 2 fully saturated rings. The van der Waals surface area contributed by atoms with Crippen LogP contribution in [-0.4, -0.2) is 26.9 Å². The van der Waals surface area contributed by atoms with Crippen LogP contribution in [0.2, 0.25) is 0 Å². The van der Waals surface area contributed by atoms with Crippen molar-refractivity contribution in [2.45, 2.75) is 28.5 Å². The van der Waals surface area contributed by atoms with Gasteiger partial charge in [0.05, 0.1) is 18.1 Å². The highest BCUT2D eigenvalue weighted by Gasteiger charge is 2.45. The monoisotopic (exact) mass is 253 g/mol. The summed E-state index contributed by atoms with van der Waals surface area (Å²) in [5.74, 6) is 0. The van der Waals surface area contributed by atoms with Crippen molar-refractivity contribution in [2.75, 3.05) is 13.2 Å². The maximum atomic E-state index is 12.4. The van der Waals surface area contributed by atoms with E-state index in [-0.39, 0.29) is 0 Å². The number of ether oxygens (including phenoxy) is 1. The van der Waals surface area contributed by atoms with Crippen molar-refractivity contribution in [3.63, 3.8) is 0 Å². The fourth-order valence-electron chi connectivity index (χ4n) is 2.10. The first kappa shape index (κ1) is 11.2. The fourth-order valence-corrected chi connectivity index (χ4v) is 3.86. The standard InChI is InChI=1S/C12H15NO3S/c13-12(5-6-12)10-3-1-2-4-11(10)17(14,15)9-7-16-8-9/h1-4,9H,5-8,13H2. The maximum Gasteiger partial charge on any atom is 0.186 e. The lowest BCUT2D eigenvalue weighted by Crippen LogP contribution is -2.41. The second-order valence-electron chi connectivity index (χ2n) is 4.86. The summed E-state index contributed by atoms with van der Waals surface area (Å²) in [6, 6.07) is 7.09. The van der Waals surface area contributed by atoms with Crippen LogP contribution in [0.4, 0.5) is 0 Å². The minimum absolute atomic E-state index is 0.300. The lowest BCUT2D eigenvalue weighted by molar-refractivity contribution is 0.0415. The molecule has 1 heterocycles. The molecule has 0 radical (unpaired) electrons. The van der Waals surface area contributed by atoms with Gasteiger partial charge in [-0.2, -0.15) is 0 Å². The topological polar surface area (TPSA) is 69.4 Å². The zero-order chi connectivity index (χ0) is 12.1. The third-order valence-electron chi connectivity index (χ3n) is 3.56. The molecule has 1 saturated heterocycles. The van der Waals surface area contributed by atoms with E-state index in [0.29, 0.717) is 18.1 Å². The average molecular weight is 253 g/mol. The van der Waals surface area contributed by atoms with Crippen molar-refractivity contribution in [3.05, 3.63) is 29.8 Å². The number of hydrogen-bond acceptors (Lipinski definition) is 4. The van der Waals surface area contributed by atoms with Gasteiger partial charge in [0.15, 0.2) is 9.84 Å². The van der Waals surface area contributed by atoms with E-state index in [0.717, 1.165) is 18.4 Å². The van der Waals surface area contributed by atoms with Crippen molar-refractivity contribution in [1.82, 2.24) is 0 Å². The van der Waals surface area contributed by atoms with Gasteiger partial charge in [-0.3, -0.25) is 0 Å². The molecule has 92 valence electrons. The Labute approximate surface area is 101 Å². The minimum atomic E-state index is -3.28. The molecular formula is C12H15NO3S. The number of hydrogen-bond donors (Lipinski definition) is 1. The largest absolute Gasteiger partial charge is 0.379 e. The van der Waals surface area contributed by atoms with Crippen LogP contribution >= 0.6 is 0 Å². The lowest BCUT2D eigenvalue weighted by atomic mass is 10.1. The first-order valence-electron chi connectivity index (χ1n) is 5.74. The summed E-state index contributed by atoms with van der Waals surface area (Å²) in [5, 5.41) is -0.397. The summed E-state index contributed by atoms with van der Waals surface area (Å²) >= 11 is 0. The molecule has 17 heavy (non-hydrogen) atoms. The van der Waals surface area contributed by atoms with Gasteiger partial charge < -0.3 is 10.5 Å². The van der Waals surface area contributed by atoms with Crippen molar-refractivity contribution < 1.29 is 13.2 Å². The van der Waals surface area contributed by atoms with E-state index in [2.05, 4.69) is 0 Å². The quantitative estimate of drug-likeness (QED) is 0.865. The second kappa shape index (κ2) is 3.54. The summed E-state index contributed by atoms with van der Waals surface area (Å²) in [4.78, 5) is 0.397. The molecule has 0 bridgehead atoms. The van der Waals surface area contributed by atoms with Gasteiger partial charge in [0.1, 0.15) is 5.25 Å². The normalized spacial score (nSPS) is 23.1. The zero-order valence-electron chi connectivity index (χ0n) is 9.43. The van der Waals surface area contributed by atoms with E-state index in [4.69, 9.17) is 10.5 Å². The van der Waals surface area contributed by atoms with Gasteiger partial charge >= 0.3 is 0 Å². The van der Waals surface area contributed by atoms with Crippen LogP contribution in [-0.2, 0) is 20.1 Å². The van der Waals surface area contributed by atoms with Gasteiger partial charge in [0, 0.05) is 5.54 Å². The fraction of sp³-hybridized carbons (Fsp3) is 0.500. The van der Waals surface area contributed by atoms with Crippen molar-refractivity contribution in [1.29, 1.82) is 0 Å². The summed E-state index contributed by atoms with van der Waals surface area (Å²) < 4.78 is 29.7. The summed E-state index contributed by atoms with van der Waals surface area (Å²) in [5.41, 5.74) is 6.48. The van der Waals surface area contributed by atoms with E-state index < -0.39 is 20.6 Å². The van der Waals surface area contributed by atoms with E-state index in [9.17, 15) is 8.42 Å². The molecule has 1 aliphatic carbocycles. The van der Waals surface area contributed by atoms with E-state index >= 15 is 0 Å². The molecule has 0 spiro atoms. The van der Waals surface area contributed by atoms with Crippen LogP contribution in [0.3, 0.4) is 0 Å². The molecule has 2 aliphatic rings. The van der Waals surface area contributed by atoms with Crippen LogP contribution in [0.5, 0.6) is 0 Å². The molecular weight excluding hydrogens is 238 g/mol. The zero-order valence-corrected chi connectivity index (χ0v) is 10.2. The summed E-state index contributed by atoms with van der Waals surface area (Å²) in [6.45, 7) is 0.600. The highest BCUT2D eigenvalue weighted by Crippen LogP contribution is 2.45. The van der Waals surface area contributed by atoms with Gasteiger partial charge in [-0.05, 0) is 24.5 Å². The lowest BCUT2D eigenvalue weighted by Gasteiger charge is -2.27. The SMILES string of the molecule is NC1(c2ccccc2S(=O)(=O)C2COC2)CC1. The molecule has 0 aromatic heterocycles. The number of benzene rings is 1. The molecule has 1 aliphatic heterocycles. The van der Waals surface area contributed by atoms with Crippen LogP contribution in [0.15, 0.2) is 29.2 Å². The van der Waals surface area contributed by atoms with Gasteiger partial charge in [-0.1, -0.05) is 18.2 Å². The molecule has 5 heteroatoms. The Kier molecular flexibility index (Phi) is 2.33. The molecule has 0 atom stereocenters. The Balaban J connectivity index is 2.08. The summed E-state index contributed by atoms with van der Waals surface area (Å²) in [7, 11) is -3.28. The summed E-state index contributed by atoms with van der Waals surface area (Å²) in [6.07, 6.45) is 1.72. The Morgan fingerprint density at radius 2 is 1.88 bits per heavy atom. The highest BCUT2D eigenvalue weighted by molar-refractivity contribution is 7.92. The van der Waals surface area contributed by atoms with Crippen LogP contribution in [0, 0.1) is 0 Å². The van der Waals surface area contributed by atoms with Crippen molar-refractivity contribution in [2.24, 2.45) is 5.73 Å². The first-order valence-corrected chi connectivity index (χ1v) is 7.29. The molecule has 3 rings (SSSR count). The number of sulfone groups is 1. The smallest absolute Gasteiger partial charge is 0.186 e. The van der Waals surface area contributed by atoms with E-state index in [1.54, 1.807) is 12.1 Å². The number of nitrogens with two attached hydrogens (primary N) is 1. The Hall–Kier alpha value is -0.910. The van der Waals surface area contributed by atoms with Crippen molar-refractivity contribution >= 4 is 9.84 Å². The molecule has 1 aromatic carbocycles. The predicted molar refractivity (Wildman–Crippen MR) is 63.3 cm³/mol. The predicted octanol–water partition coefficient (Wildman–Crippen LogP) is 0.807. The van der Waals surface area contributed by atoms with Crippen LogP contribution in [0.25, 0.3) is 0 Å². The van der Waals surface area contributed by atoms with Crippen molar-refractivity contribution in [3.8, 4) is 0 Å². The minimum Gasteiger partial charge on any atom is -0.379 e. The Morgan fingerprint density at radius 1 is 1.24 bits per heavy atom. The van der Waals surface area contributed by atoms with Crippen LogP contribution in [0.1, 0.15) is 18.4 Å². The Bertz CT molecular complexity index is 545. The second-order valence-corrected chi connectivity index (χ2v) is 7.05. The maximum absolute atomic E-state index is 12.4. The molecule has 4 nitrogen and oxygen atoms in total. The van der Waals surface area contributed by atoms with E-state index in [1.165, 1.54) is 0 Å². The van der Waals surface area contributed by atoms with E-state index in [1.807, 2.05) is 12.1 Å².